The number of aliphatic hydroxyl groups is 2. The first-order valence-electron chi connectivity index (χ1n) is 9.45. The second kappa shape index (κ2) is 10.4. The Morgan fingerprint density at radius 1 is 1.28 bits per heavy atom. The molecule has 0 saturated heterocycles. The molecule has 0 aliphatic rings. The number of ether oxygens (including phenoxy) is 1. The van der Waals surface area contributed by atoms with Gasteiger partial charge in [0.2, 0.25) is 0 Å². The molecule has 5 N–H and O–H groups in total. The number of hydrogen-bond donors (Lipinski definition) is 5. The molecule has 1 atom stereocenters. The van der Waals surface area contributed by atoms with E-state index in [1.54, 1.807) is 18.3 Å². The quantitative estimate of drug-likeness (QED) is 0.289. The van der Waals surface area contributed by atoms with Gasteiger partial charge in [0.05, 0.1) is 17.4 Å². The van der Waals surface area contributed by atoms with E-state index in [1.807, 2.05) is 0 Å². The fourth-order valence-corrected chi connectivity index (χ4v) is 2.84. The highest BCUT2D eigenvalue weighted by Crippen LogP contribution is 2.27. The molecule has 170 valence electrons. The van der Waals surface area contributed by atoms with Crippen molar-refractivity contribution in [2.75, 3.05) is 23.8 Å². The molecule has 2 aromatic heterocycles. The van der Waals surface area contributed by atoms with Gasteiger partial charge in [-0.15, -0.1) is 8.78 Å². The molecule has 1 amide bonds. The van der Waals surface area contributed by atoms with Crippen molar-refractivity contribution in [1.82, 2.24) is 15.2 Å². The van der Waals surface area contributed by atoms with Crippen LogP contribution in [0.25, 0.3) is 11.3 Å². The number of aliphatic hydroxyl groups excluding tert-OH is 2. The van der Waals surface area contributed by atoms with Crippen molar-refractivity contribution < 1.29 is 28.5 Å². The maximum absolute atomic E-state index is 12.7. The molecule has 3 aromatic rings. The fourth-order valence-electron chi connectivity index (χ4n) is 2.75. The molecule has 0 fully saturated rings. The molecule has 0 radical (unpaired) electrons. The molecule has 0 unspecified atom stereocenters. The number of nitrogens with one attached hydrogen (secondary N) is 3. The number of pyridine rings is 1. The molecule has 0 saturated carbocycles. The molecular formula is C20H20ClF2N5O4. The Hall–Kier alpha value is -3.28. The van der Waals surface area contributed by atoms with E-state index < -0.39 is 17.6 Å². The number of carbonyl (C=O) groups excluding carboxylic acids is 1. The van der Waals surface area contributed by atoms with Crippen molar-refractivity contribution >= 4 is 29.0 Å². The summed E-state index contributed by atoms with van der Waals surface area (Å²) in [7, 11) is 0. The van der Waals surface area contributed by atoms with Crippen molar-refractivity contribution in [3.05, 3.63) is 54.4 Å². The van der Waals surface area contributed by atoms with Gasteiger partial charge in [-0.2, -0.15) is 5.10 Å². The molecule has 1 aromatic carbocycles. The zero-order chi connectivity index (χ0) is 23.1. The second-order valence-electron chi connectivity index (χ2n) is 6.66. The standard InChI is InChI=1S/C20H20ClF2N5O4/c21-20(22,23)32-15-3-1-13(2-4-15)27-19(31)12-9-16(17-5-7-26-28-17)18(24-10-12)25-11-14(30)6-8-29/h1-5,7,9-10,14,29-30H,6,8,11H2,(H,24,25)(H,26,28)(H,27,31)/t14-/m1/s1. The number of alkyl halides is 3. The summed E-state index contributed by atoms with van der Waals surface area (Å²) in [4.78, 5) is 16.9. The van der Waals surface area contributed by atoms with Crippen LogP contribution in [0.4, 0.5) is 20.3 Å². The van der Waals surface area contributed by atoms with Crippen molar-refractivity contribution in [3.8, 4) is 17.0 Å². The minimum absolute atomic E-state index is 0.149. The first-order valence-corrected chi connectivity index (χ1v) is 9.82. The molecule has 0 aliphatic carbocycles. The van der Waals surface area contributed by atoms with Crippen LogP contribution in [0.2, 0.25) is 0 Å². The monoisotopic (exact) mass is 467 g/mol. The molecule has 9 nitrogen and oxygen atoms in total. The Labute approximate surface area is 186 Å². The van der Waals surface area contributed by atoms with Crippen LogP contribution in [-0.4, -0.2) is 56.1 Å². The lowest BCUT2D eigenvalue weighted by atomic mass is 10.1. The van der Waals surface area contributed by atoms with Crippen LogP contribution in [0.1, 0.15) is 16.8 Å². The summed E-state index contributed by atoms with van der Waals surface area (Å²) >= 11 is 4.73. The van der Waals surface area contributed by atoms with Crippen LogP contribution in [0.15, 0.2) is 48.8 Å². The number of anilines is 2. The second-order valence-corrected chi connectivity index (χ2v) is 7.10. The van der Waals surface area contributed by atoms with Crippen LogP contribution in [0.5, 0.6) is 5.75 Å². The van der Waals surface area contributed by atoms with E-state index in [1.165, 1.54) is 30.5 Å². The summed E-state index contributed by atoms with van der Waals surface area (Å²) < 4.78 is 29.6. The van der Waals surface area contributed by atoms with Crippen LogP contribution in [-0.2, 0) is 0 Å². The Morgan fingerprint density at radius 3 is 2.66 bits per heavy atom. The molecule has 32 heavy (non-hydrogen) atoms. The van der Waals surface area contributed by atoms with Gasteiger partial charge in [0.25, 0.3) is 5.91 Å². The molecule has 0 aliphatic heterocycles. The lowest BCUT2D eigenvalue weighted by Gasteiger charge is -2.15. The zero-order valence-corrected chi connectivity index (χ0v) is 17.3. The van der Waals surface area contributed by atoms with Crippen LogP contribution in [0, 0.1) is 0 Å². The van der Waals surface area contributed by atoms with Crippen molar-refractivity contribution in [3.63, 3.8) is 0 Å². The normalized spacial score (nSPS) is 12.3. The number of amides is 1. The Morgan fingerprint density at radius 2 is 2.03 bits per heavy atom. The Kier molecular flexibility index (Phi) is 7.57. The van der Waals surface area contributed by atoms with Crippen molar-refractivity contribution in [2.45, 2.75) is 18.1 Å². The van der Waals surface area contributed by atoms with E-state index in [0.717, 1.165) is 0 Å². The smallest absolute Gasteiger partial charge is 0.420 e. The van der Waals surface area contributed by atoms with Crippen molar-refractivity contribution in [2.24, 2.45) is 0 Å². The zero-order valence-electron chi connectivity index (χ0n) is 16.6. The lowest BCUT2D eigenvalue weighted by Crippen LogP contribution is -2.21. The van der Waals surface area contributed by atoms with Gasteiger partial charge in [-0.25, -0.2) is 4.98 Å². The van der Waals surface area contributed by atoms with Gasteiger partial charge in [-0.3, -0.25) is 9.89 Å². The third-order valence-corrected chi connectivity index (χ3v) is 4.33. The third kappa shape index (κ3) is 6.61. The number of hydrogen-bond acceptors (Lipinski definition) is 7. The minimum Gasteiger partial charge on any atom is -0.420 e. The number of aromatic nitrogens is 3. The average molecular weight is 468 g/mol. The van der Waals surface area contributed by atoms with Gasteiger partial charge >= 0.3 is 5.57 Å². The van der Waals surface area contributed by atoms with E-state index in [2.05, 4.69) is 30.6 Å². The van der Waals surface area contributed by atoms with Crippen LogP contribution in [0.3, 0.4) is 0 Å². The summed E-state index contributed by atoms with van der Waals surface area (Å²) in [6.07, 6.45) is 2.33. The first-order chi connectivity index (χ1) is 15.2. The number of nitrogens with zero attached hydrogens (tertiary/aromatic N) is 2. The van der Waals surface area contributed by atoms with E-state index in [0.29, 0.717) is 22.8 Å². The Bertz CT molecular complexity index is 1030. The summed E-state index contributed by atoms with van der Waals surface area (Å²) in [5.41, 5.74) is -2.13. The Balaban J connectivity index is 1.75. The maximum atomic E-state index is 12.7. The predicted octanol–water partition coefficient (Wildman–Crippen LogP) is 3.05. The summed E-state index contributed by atoms with van der Waals surface area (Å²) in [5.74, 6) is -0.238. The predicted molar refractivity (Wildman–Crippen MR) is 114 cm³/mol. The molecule has 12 heteroatoms. The number of H-pyrrole nitrogens is 1. The number of halogens is 3. The lowest BCUT2D eigenvalue weighted by molar-refractivity contribution is -0.0964. The first kappa shape index (κ1) is 23.4. The van der Waals surface area contributed by atoms with E-state index >= 15 is 0 Å². The SMILES string of the molecule is O=C(Nc1ccc(OC(F)(F)Cl)cc1)c1cnc(NC[C@H](O)CCO)c(-c2ccn[nH]2)c1. The molecule has 0 spiro atoms. The van der Waals surface area contributed by atoms with Gasteiger partial charge in [-0.1, -0.05) is 0 Å². The highest BCUT2D eigenvalue weighted by molar-refractivity contribution is 6.20. The average Bonchev–Trinajstić information content (AvgIpc) is 3.27. The highest BCUT2D eigenvalue weighted by Gasteiger charge is 2.27. The van der Waals surface area contributed by atoms with E-state index in [9.17, 15) is 18.7 Å². The summed E-state index contributed by atoms with van der Waals surface area (Å²) in [5, 5.41) is 31.1. The highest BCUT2D eigenvalue weighted by atomic mass is 35.5. The van der Waals surface area contributed by atoms with Crippen LogP contribution < -0.4 is 15.4 Å². The van der Waals surface area contributed by atoms with Crippen molar-refractivity contribution in [1.29, 1.82) is 0 Å². The van der Waals surface area contributed by atoms with Gasteiger partial charge in [-0.05, 0) is 42.8 Å². The van der Waals surface area contributed by atoms with Gasteiger partial charge in [0.1, 0.15) is 11.6 Å². The summed E-state index contributed by atoms with van der Waals surface area (Å²) in [6.45, 7) is 0.000204. The minimum atomic E-state index is -3.83. The molecule has 3 rings (SSSR count). The number of carbonyl (C=O) groups is 1. The third-order valence-electron chi connectivity index (χ3n) is 4.25. The van der Waals surface area contributed by atoms with E-state index in [-0.39, 0.29) is 30.9 Å². The summed E-state index contributed by atoms with van der Waals surface area (Å²) in [6, 6.07) is 8.53. The van der Waals surface area contributed by atoms with E-state index in [4.69, 9.17) is 16.7 Å². The molecule has 0 bridgehead atoms. The van der Waals surface area contributed by atoms with Gasteiger partial charge < -0.3 is 25.6 Å². The topological polar surface area (TPSA) is 132 Å². The largest absolute Gasteiger partial charge is 0.487 e. The number of rotatable bonds is 10. The van der Waals surface area contributed by atoms with Gasteiger partial charge in [0, 0.05) is 48.4 Å². The number of benzene rings is 1. The van der Waals surface area contributed by atoms with Crippen LogP contribution >= 0.6 is 11.6 Å². The molecular weight excluding hydrogens is 448 g/mol. The molecule has 2 heterocycles. The number of aromatic amines is 1. The van der Waals surface area contributed by atoms with Gasteiger partial charge in [0.15, 0.2) is 0 Å². The fraction of sp³-hybridized carbons (Fsp3) is 0.250. The maximum Gasteiger partial charge on any atom is 0.487 e.